The molecule has 0 saturated carbocycles. The van der Waals surface area contributed by atoms with Crippen LogP contribution in [0.3, 0.4) is 0 Å². The van der Waals surface area contributed by atoms with Crippen molar-refractivity contribution in [1.82, 2.24) is 10.2 Å². The van der Waals surface area contributed by atoms with Gasteiger partial charge in [-0.05, 0) is 25.1 Å². The van der Waals surface area contributed by atoms with Crippen molar-refractivity contribution in [2.45, 2.75) is 6.92 Å². The monoisotopic (exact) mass is 324 g/mol. The lowest BCUT2D eigenvalue weighted by atomic mass is 10.1. The lowest BCUT2D eigenvalue weighted by Gasteiger charge is -2.01. The second-order valence-corrected chi connectivity index (χ2v) is 5.01. The van der Waals surface area contributed by atoms with E-state index in [2.05, 4.69) is 15.5 Å². The average Bonchev–Trinajstić information content (AvgIpc) is 3.03. The van der Waals surface area contributed by atoms with Crippen LogP contribution in [-0.4, -0.2) is 21.0 Å². The molecule has 1 aromatic heterocycles. The van der Waals surface area contributed by atoms with Crippen molar-refractivity contribution in [2.24, 2.45) is 0 Å². The summed E-state index contributed by atoms with van der Waals surface area (Å²) >= 11 is 0. The average molecular weight is 324 g/mol. The van der Waals surface area contributed by atoms with Gasteiger partial charge >= 0.3 is 6.01 Å². The molecule has 0 atom stereocenters. The van der Waals surface area contributed by atoms with E-state index in [1.54, 1.807) is 30.3 Å². The number of anilines is 1. The first-order valence-electron chi connectivity index (χ1n) is 7.00. The van der Waals surface area contributed by atoms with Crippen molar-refractivity contribution >= 4 is 17.6 Å². The molecule has 1 amide bonds. The molecule has 0 aliphatic carbocycles. The molecule has 120 valence electrons. The highest BCUT2D eigenvalue weighted by Gasteiger charge is 2.20. The molecule has 0 fully saturated rings. The summed E-state index contributed by atoms with van der Waals surface area (Å²) in [5, 5.41) is 21.0. The van der Waals surface area contributed by atoms with Gasteiger partial charge in [0, 0.05) is 11.6 Å². The van der Waals surface area contributed by atoms with E-state index in [1.165, 1.54) is 12.1 Å². The van der Waals surface area contributed by atoms with Gasteiger partial charge in [0.2, 0.25) is 0 Å². The molecule has 0 unspecified atom stereocenters. The van der Waals surface area contributed by atoms with E-state index in [0.717, 1.165) is 5.56 Å². The summed E-state index contributed by atoms with van der Waals surface area (Å²) in [5.41, 5.74) is 1.41. The number of aromatic nitrogens is 2. The summed E-state index contributed by atoms with van der Waals surface area (Å²) in [4.78, 5) is 22.6. The van der Waals surface area contributed by atoms with Gasteiger partial charge in [-0.3, -0.25) is 20.2 Å². The number of nitrogens with zero attached hydrogens (tertiary/aromatic N) is 3. The lowest BCUT2D eigenvalue weighted by molar-refractivity contribution is -0.384. The van der Waals surface area contributed by atoms with Crippen LogP contribution >= 0.6 is 0 Å². The van der Waals surface area contributed by atoms with Gasteiger partial charge in [0.15, 0.2) is 0 Å². The van der Waals surface area contributed by atoms with Gasteiger partial charge in [0.1, 0.15) is 5.56 Å². The van der Waals surface area contributed by atoms with E-state index >= 15 is 0 Å². The molecule has 0 radical (unpaired) electrons. The van der Waals surface area contributed by atoms with Crippen LogP contribution in [0.4, 0.5) is 11.7 Å². The van der Waals surface area contributed by atoms with Gasteiger partial charge in [-0.1, -0.05) is 34.9 Å². The van der Waals surface area contributed by atoms with Crippen molar-refractivity contribution in [3.05, 3.63) is 69.8 Å². The third kappa shape index (κ3) is 3.12. The van der Waals surface area contributed by atoms with Gasteiger partial charge in [-0.15, -0.1) is 5.10 Å². The summed E-state index contributed by atoms with van der Waals surface area (Å²) in [6.07, 6.45) is 0. The maximum Gasteiger partial charge on any atom is 0.322 e. The van der Waals surface area contributed by atoms with Crippen molar-refractivity contribution in [3.8, 4) is 11.5 Å². The molecule has 0 spiro atoms. The van der Waals surface area contributed by atoms with Crippen LogP contribution < -0.4 is 5.32 Å². The Kier molecular flexibility index (Phi) is 4.02. The van der Waals surface area contributed by atoms with E-state index in [0.29, 0.717) is 5.56 Å². The zero-order valence-corrected chi connectivity index (χ0v) is 12.6. The summed E-state index contributed by atoms with van der Waals surface area (Å²) in [7, 11) is 0. The van der Waals surface area contributed by atoms with Gasteiger partial charge in [0.25, 0.3) is 17.5 Å². The molecule has 3 aromatic rings. The first-order chi connectivity index (χ1) is 11.5. The van der Waals surface area contributed by atoms with Crippen molar-refractivity contribution in [1.29, 1.82) is 0 Å². The second-order valence-electron chi connectivity index (χ2n) is 5.01. The van der Waals surface area contributed by atoms with Crippen LogP contribution in [0.15, 0.2) is 52.9 Å². The van der Waals surface area contributed by atoms with Crippen molar-refractivity contribution < 1.29 is 14.1 Å². The van der Waals surface area contributed by atoms with E-state index in [4.69, 9.17) is 4.42 Å². The van der Waals surface area contributed by atoms with Crippen molar-refractivity contribution in [2.75, 3.05) is 5.32 Å². The number of para-hydroxylation sites is 1. The molecule has 1 N–H and O–H groups in total. The Bertz CT molecular complexity index is 920. The quantitative estimate of drug-likeness (QED) is 0.582. The highest BCUT2D eigenvalue weighted by atomic mass is 16.6. The Labute approximate surface area is 136 Å². The van der Waals surface area contributed by atoms with Crippen LogP contribution in [-0.2, 0) is 0 Å². The molecule has 0 saturated heterocycles. The van der Waals surface area contributed by atoms with Gasteiger partial charge in [-0.25, -0.2) is 0 Å². The Morgan fingerprint density at radius 1 is 1.17 bits per heavy atom. The fourth-order valence-electron chi connectivity index (χ4n) is 2.15. The largest absolute Gasteiger partial charge is 0.403 e. The zero-order chi connectivity index (χ0) is 17.1. The van der Waals surface area contributed by atoms with Gasteiger partial charge < -0.3 is 4.42 Å². The molecule has 0 bridgehead atoms. The van der Waals surface area contributed by atoms with Gasteiger partial charge in [0.05, 0.1) is 4.92 Å². The Morgan fingerprint density at radius 2 is 1.96 bits per heavy atom. The Hall–Kier alpha value is -3.55. The summed E-state index contributed by atoms with van der Waals surface area (Å²) in [5.74, 6) is -0.446. The lowest BCUT2D eigenvalue weighted by Crippen LogP contribution is -2.12. The number of aryl methyl sites for hydroxylation is 1. The maximum atomic E-state index is 12.1. The highest BCUT2D eigenvalue weighted by molar-refractivity contribution is 6.03. The number of nitro groups is 1. The number of carbonyl (C=O) groups is 1. The Morgan fingerprint density at radius 3 is 2.71 bits per heavy atom. The predicted molar refractivity (Wildman–Crippen MR) is 85.5 cm³/mol. The summed E-state index contributed by atoms with van der Waals surface area (Å²) in [6, 6.07) is 12.9. The minimum atomic E-state index is -0.537. The standard InChI is InChI=1S/C16H12N4O4/c1-10-5-4-6-11(9-10)14(21)17-16-19-18-15(24-16)12-7-2-3-8-13(12)20(22)23/h2-9H,1H3,(H,17,19,21). The van der Waals surface area contributed by atoms with Crippen molar-refractivity contribution in [3.63, 3.8) is 0 Å². The molecule has 3 rings (SSSR count). The normalized spacial score (nSPS) is 10.4. The minimum Gasteiger partial charge on any atom is -0.403 e. The van der Waals surface area contributed by atoms with Crippen LogP contribution in [0.1, 0.15) is 15.9 Å². The SMILES string of the molecule is Cc1cccc(C(=O)Nc2nnc(-c3ccccc3[N+](=O)[O-])o2)c1. The smallest absolute Gasteiger partial charge is 0.322 e. The van der Waals surface area contributed by atoms with E-state index < -0.39 is 10.8 Å². The number of hydrogen-bond donors (Lipinski definition) is 1. The van der Waals surface area contributed by atoms with E-state index in [9.17, 15) is 14.9 Å². The molecule has 1 heterocycles. The van der Waals surface area contributed by atoms with Crippen LogP contribution in [0.25, 0.3) is 11.5 Å². The number of hydrogen-bond acceptors (Lipinski definition) is 6. The minimum absolute atomic E-state index is 0.0400. The molecule has 8 heteroatoms. The topological polar surface area (TPSA) is 111 Å². The Balaban J connectivity index is 1.84. The molecule has 2 aromatic carbocycles. The first-order valence-corrected chi connectivity index (χ1v) is 7.00. The fourth-order valence-corrected chi connectivity index (χ4v) is 2.15. The van der Waals surface area contributed by atoms with Crippen LogP contribution in [0.5, 0.6) is 0 Å². The first kappa shape index (κ1) is 15.3. The third-order valence-electron chi connectivity index (χ3n) is 3.26. The maximum absolute atomic E-state index is 12.1. The molecule has 24 heavy (non-hydrogen) atoms. The van der Waals surface area contributed by atoms with Gasteiger partial charge in [-0.2, -0.15) is 0 Å². The molecule has 0 aliphatic heterocycles. The third-order valence-corrected chi connectivity index (χ3v) is 3.26. The number of benzene rings is 2. The number of nitro benzene ring substituents is 1. The molecular weight excluding hydrogens is 312 g/mol. The predicted octanol–water partition coefficient (Wildman–Crippen LogP) is 3.21. The summed E-state index contributed by atoms with van der Waals surface area (Å²) in [6.45, 7) is 1.87. The number of rotatable bonds is 4. The highest BCUT2D eigenvalue weighted by Crippen LogP contribution is 2.29. The number of nitrogens with one attached hydrogen (secondary N) is 1. The van der Waals surface area contributed by atoms with Crippen LogP contribution in [0, 0.1) is 17.0 Å². The summed E-state index contributed by atoms with van der Waals surface area (Å²) < 4.78 is 5.32. The van der Waals surface area contributed by atoms with E-state index in [-0.39, 0.29) is 23.2 Å². The van der Waals surface area contributed by atoms with Crippen LogP contribution in [0.2, 0.25) is 0 Å². The molecule has 0 aliphatic rings. The number of carbonyl (C=O) groups excluding carboxylic acids is 1. The fraction of sp³-hybridized carbons (Fsp3) is 0.0625. The molecular formula is C16H12N4O4. The second kappa shape index (κ2) is 6.29. The zero-order valence-electron chi connectivity index (χ0n) is 12.6. The number of amides is 1. The molecule has 8 nitrogen and oxygen atoms in total. The van der Waals surface area contributed by atoms with E-state index in [1.807, 2.05) is 13.0 Å².